The normalized spacial score (nSPS) is 10.1. The highest BCUT2D eigenvalue weighted by atomic mass is 35.5. The highest BCUT2D eigenvalue weighted by Gasteiger charge is 2.10. The van der Waals surface area contributed by atoms with Crippen LogP contribution in [0.2, 0.25) is 5.15 Å². The van der Waals surface area contributed by atoms with Gasteiger partial charge in [-0.2, -0.15) is 0 Å². The van der Waals surface area contributed by atoms with Crippen molar-refractivity contribution in [2.75, 3.05) is 0 Å². The summed E-state index contributed by atoms with van der Waals surface area (Å²) in [5.74, 6) is 0. The van der Waals surface area contributed by atoms with Crippen molar-refractivity contribution < 1.29 is 4.79 Å². The highest BCUT2D eigenvalue weighted by molar-refractivity contribution is 7.12. The zero-order valence-corrected chi connectivity index (χ0v) is 9.59. The van der Waals surface area contributed by atoms with E-state index in [0.717, 1.165) is 16.9 Å². The minimum absolute atomic E-state index is 0.0439. The van der Waals surface area contributed by atoms with E-state index in [-0.39, 0.29) is 15.5 Å². The third kappa shape index (κ3) is 2.03. The molecule has 0 bridgehead atoms. The molecule has 0 spiro atoms. The van der Waals surface area contributed by atoms with Gasteiger partial charge in [0.1, 0.15) is 15.7 Å². The number of benzene rings is 1. The Labute approximate surface area is 100 Å². The molecule has 5 heteroatoms. The lowest BCUT2D eigenvalue weighted by Crippen LogP contribution is -2.06. The van der Waals surface area contributed by atoms with E-state index >= 15 is 0 Å². The molecule has 0 aliphatic carbocycles. The summed E-state index contributed by atoms with van der Waals surface area (Å²) in [7, 11) is 0. The van der Waals surface area contributed by atoms with Crippen LogP contribution in [0.4, 0.5) is 0 Å². The fraction of sp³-hybridized carbons (Fsp3) is 0. The van der Waals surface area contributed by atoms with Crippen molar-refractivity contribution in [2.45, 2.75) is 0 Å². The average Bonchev–Trinajstić information content (AvgIpc) is 2.30. The van der Waals surface area contributed by atoms with E-state index in [4.69, 9.17) is 11.6 Å². The van der Waals surface area contributed by atoms with Crippen molar-refractivity contribution in [3.8, 4) is 10.6 Å². The molecule has 0 atom stereocenters. The van der Waals surface area contributed by atoms with Crippen LogP contribution in [0, 0.1) is 0 Å². The first kappa shape index (κ1) is 11.0. The molecule has 0 amide bonds. The van der Waals surface area contributed by atoms with Crippen molar-refractivity contribution in [2.24, 2.45) is 0 Å². The number of nitrogens with zero attached hydrogens (tertiary/aromatic N) is 1. The minimum atomic E-state index is -0.367. The van der Waals surface area contributed by atoms with Crippen molar-refractivity contribution >= 4 is 29.2 Å². The summed E-state index contributed by atoms with van der Waals surface area (Å²) in [5, 5.41) is 0.471. The Kier molecular flexibility index (Phi) is 3.12. The lowest BCUT2D eigenvalue weighted by molar-refractivity contribution is 0.112. The number of rotatable bonds is 2. The van der Waals surface area contributed by atoms with Gasteiger partial charge in [-0.1, -0.05) is 53.3 Å². The number of halogens is 1. The van der Waals surface area contributed by atoms with Gasteiger partial charge in [-0.05, 0) is 0 Å². The Hall–Kier alpha value is -1.52. The fourth-order valence-electron chi connectivity index (χ4n) is 1.20. The topological polar surface area (TPSA) is 47.0 Å². The van der Waals surface area contributed by atoms with Crippen LogP contribution < -0.4 is 4.74 Å². The van der Waals surface area contributed by atoms with E-state index in [1.54, 1.807) is 0 Å². The molecule has 80 valence electrons. The molecule has 16 heavy (non-hydrogen) atoms. The van der Waals surface area contributed by atoms with Gasteiger partial charge in [0.25, 0.3) is 0 Å². The lowest BCUT2D eigenvalue weighted by Gasteiger charge is -2.00. The standard InChI is InChI=1S/C11H6ClNO2S/c12-9-8(6-14)11(15)16-10(13-9)7-4-2-1-3-5-7/h1-6H. The molecule has 0 N–H and O–H groups in total. The van der Waals surface area contributed by atoms with Crippen molar-refractivity contribution in [3.05, 3.63) is 50.6 Å². The van der Waals surface area contributed by atoms with Crippen LogP contribution in [0.25, 0.3) is 10.6 Å². The van der Waals surface area contributed by atoms with Crippen LogP contribution in [0.5, 0.6) is 0 Å². The molecule has 0 saturated carbocycles. The van der Waals surface area contributed by atoms with Gasteiger partial charge in [-0.3, -0.25) is 9.59 Å². The Morgan fingerprint density at radius 2 is 1.94 bits per heavy atom. The zero-order chi connectivity index (χ0) is 11.5. The second-order valence-electron chi connectivity index (χ2n) is 2.99. The Balaban J connectivity index is 2.62. The predicted molar refractivity (Wildman–Crippen MR) is 64.2 cm³/mol. The molecule has 2 rings (SSSR count). The highest BCUT2D eigenvalue weighted by Crippen LogP contribution is 2.21. The average molecular weight is 252 g/mol. The largest absolute Gasteiger partial charge is 0.298 e. The van der Waals surface area contributed by atoms with Gasteiger partial charge in [-0.15, -0.1) is 0 Å². The number of hydrogen-bond acceptors (Lipinski definition) is 4. The molecule has 0 saturated heterocycles. The Bertz CT molecular complexity index is 580. The number of aromatic nitrogens is 1. The molecule has 0 fully saturated rings. The van der Waals surface area contributed by atoms with Crippen LogP contribution in [-0.2, 0) is 0 Å². The molecular weight excluding hydrogens is 246 g/mol. The summed E-state index contributed by atoms with van der Waals surface area (Å²) >= 11 is 6.66. The lowest BCUT2D eigenvalue weighted by atomic mass is 10.2. The predicted octanol–water partition coefficient (Wildman–Crippen LogP) is 2.64. The molecular formula is C11H6ClNO2S. The molecule has 1 heterocycles. The summed E-state index contributed by atoms with van der Waals surface area (Å²) in [5.41, 5.74) is 0.732. The Morgan fingerprint density at radius 1 is 1.25 bits per heavy atom. The SMILES string of the molecule is O=Cc1c(Cl)nc(-c2ccccc2)sc1=O. The molecule has 1 aromatic carbocycles. The third-order valence-electron chi connectivity index (χ3n) is 1.97. The zero-order valence-electron chi connectivity index (χ0n) is 8.01. The Morgan fingerprint density at radius 3 is 2.50 bits per heavy atom. The van der Waals surface area contributed by atoms with Gasteiger partial charge < -0.3 is 0 Å². The van der Waals surface area contributed by atoms with Crippen LogP contribution in [0.3, 0.4) is 0 Å². The molecule has 3 nitrogen and oxygen atoms in total. The monoisotopic (exact) mass is 251 g/mol. The summed E-state index contributed by atoms with van der Waals surface area (Å²) < 4.78 is -0.367. The minimum Gasteiger partial charge on any atom is -0.298 e. The van der Waals surface area contributed by atoms with E-state index in [1.807, 2.05) is 30.3 Å². The van der Waals surface area contributed by atoms with Gasteiger partial charge >= 0.3 is 0 Å². The van der Waals surface area contributed by atoms with Gasteiger partial charge in [0.2, 0.25) is 4.74 Å². The fourth-order valence-corrected chi connectivity index (χ4v) is 2.34. The molecule has 2 aromatic rings. The number of aldehydes is 1. The third-order valence-corrected chi connectivity index (χ3v) is 3.18. The molecule has 0 aliphatic heterocycles. The maximum Gasteiger partial charge on any atom is 0.247 e. The van der Waals surface area contributed by atoms with E-state index in [9.17, 15) is 9.59 Å². The number of hydrogen-bond donors (Lipinski definition) is 0. The van der Waals surface area contributed by atoms with E-state index < -0.39 is 0 Å². The summed E-state index contributed by atoms with van der Waals surface area (Å²) in [6.07, 6.45) is 0.433. The molecule has 1 aromatic heterocycles. The summed E-state index contributed by atoms with van der Waals surface area (Å²) in [4.78, 5) is 26.1. The first-order valence-corrected chi connectivity index (χ1v) is 5.63. The maximum atomic E-state index is 11.5. The van der Waals surface area contributed by atoms with Crippen LogP contribution in [0.15, 0.2) is 35.1 Å². The van der Waals surface area contributed by atoms with E-state index in [1.165, 1.54) is 0 Å². The van der Waals surface area contributed by atoms with Gasteiger partial charge in [0.05, 0.1) is 0 Å². The van der Waals surface area contributed by atoms with Gasteiger partial charge in [-0.25, -0.2) is 4.98 Å². The first-order chi connectivity index (χ1) is 7.72. The van der Waals surface area contributed by atoms with E-state index in [0.29, 0.717) is 11.3 Å². The quantitative estimate of drug-likeness (QED) is 0.771. The van der Waals surface area contributed by atoms with Crippen LogP contribution >= 0.6 is 22.9 Å². The number of carbonyl (C=O) groups is 1. The first-order valence-electron chi connectivity index (χ1n) is 4.43. The second-order valence-corrected chi connectivity index (χ2v) is 4.31. The van der Waals surface area contributed by atoms with E-state index in [2.05, 4.69) is 4.98 Å². The molecule has 0 aliphatic rings. The molecule has 0 radical (unpaired) electrons. The molecule has 0 unspecified atom stereocenters. The van der Waals surface area contributed by atoms with Crippen molar-refractivity contribution in [1.29, 1.82) is 0 Å². The number of carbonyl (C=O) groups excluding carboxylic acids is 1. The van der Waals surface area contributed by atoms with Crippen LogP contribution in [0.1, 0.15) is 10.4 Å². The smallest absolute Gasteiger partial charge is 0.247 e. The van der Waals surface area contributed by atoms with Crippen LogP contribution in [-0.4, -0.2) is 11.3 Å². The van der Waals surface area contributed by atoms with Crippen molar-refractivity contribution in [1.82, 2.24) is 4.98 Å². The van der Waals surface area contributed by atoms with Crippen molar-refractivity contribution in [3.63, 3.8) is 0 Å². The van der Waals surface area contributed by atoms with Gasteiger partial charge in [0.15, 0.2) is 6.29 Å². The maximum absolute atomic E-state index is 11.5. The second kappa shape index (κ2) is 4.55. The summed E-state index contributed by atoms with van der Waals surface area (Å²) in [6, 6.07) is 9.21. The van der Waals surface area contributed by atoms with Gasteiger partial charge in [0, 0.05) is 5.56 Å². The summed E-state index contributed by atoms with van der Waals surface area (Å²) in [6.45, 7) is 0.